The van der Waals surface area contributed by atoms with E-state index in [1.165, 1.54) is 17.1 Å². The molecule has 140 valence electrons. The monoisotopic (exact) mass is 367 g/mol. The van der Waals surface area contributed by atoms with Gasteiger partial charge in [0.25, 0.3) is 10.2 Å². The van der Waals surface area contributed by atoms with Gasteiger partial charge in [-0.2, -0.15) is 17.0 Å². The van der Waals surface area contributed by atoms with E-state index in [2.05, 4.69) is 11.0 Å². The molecule has 6 nitrogen and oxygen atoms in total. The van der Waals surface area contributed by atoms with Gasteiger partial charge in [-0.1, -0.05) is 18.2 Å². The van der Waals surface area contributed by atoms with Crippen LogP contribution < -0.4 is 4.90 Å². The van der Waals surface area contributed by atoms with Gasteiger partial charge in [0.15, 0.2) is 0 Å². The lowest BCUT2D eigenvalue weighted by Gasteiger charge is -2.36. The van der Waals surface area contributed by atoms with Gasteiger partial charge in [0.05, 0.1) is 12.2 Å². The molecule has 2 heterocycles. The van der Waals surface area contributed by atoms with Gasteiger partial charge in [-0.3, -0.25) is 0 Å². The smallest absolute Gasteiger partial charge is 0.282 e. The third-order valence-electron chi connectivity index (χ3n) is 4.94. The molecule has 25 heavy (non-hydrogen) atoms. The molecule has 0 N–H and O–H groups in total. The molecule has 0 unspecified atom stereocenters. The summed E-state index contributed by atoms with van der Waals surface area (Å²) in [4.78, 5) is 2.36. The number of para-hydroxylation sites is 1. The van der Waals surface area contributed by atoms with Crippen molar-refractivity contribution in [1.29, 1.82) is 0 Å². The summed E-state index contributed by atoms with van der Waals surface area (Å²) in [6.45, 7) is 7.13. The Labute approximate surface area is 151 Å². The van der Waals surface area contributed by atoms with Gasteiger partial charge in [0, 0.05) is 45.5 Å². The van der Waals surface area contributed by atoms with Crippen LogP contribution >= 0.6 is 0 Å². The Morgan fingerprint density at radius 1 is 1.12 bits per heavy atom. The Hall–Kier alpha value is -1.15. The van der Waals surface area contributed by atoms with E-state index in [0.29, 0.717) is 19.6 Å². The van der Waals surface area contributed by atoms with Crippen LogP contribution in [0.1, 0.15) is 32.3 Å². The number of rotatable bonds is 5. The van der Waals surface area contributed by atoms with Crippen LogP contribution in [-0.4, -0.2) is 62.5 Å². The zero-order valence-corrected chi connectivity index (χ0v) is 16.2. The second kappa shape index (κ2) is 7.61. The number of hydrogen-bond donors (Lipinski definition) is 0. The van der Waals surface area contributed by atoms with E-state index in [4.69, 9.17) is 4.74 Å². The number of ether oxygens (including phenoxy) is 1. The van der Waals surface area contributed by atoms with Crippen LogP contribution in [0.25, 0.3) is 0 Å². The second-order valence-electron chi connectivity index (χ2n) is 7.16. The molecule has 0 bridgehead atoms. The molecule has 2 atom stereocenters. The van der Waals surface area contributed by atoms with Gasteiger partial charge in [0.2, 0.25) is 0 Å². The lowest BCUT2D eigenvalue weighted by molar-refractivity contribution is -0.0453. The second-order valence-corrected chi connectivity index (χ2v) is 9.20. The van der Waals surface area contributed by atoms with E-state index in [-0.39, 0.29) is 12.2 Å². The molecule has 0 radical (unpaired) electrons. The molecule has 2 fully saturated rings. The fourth-order valence-electron chi connectivity index (χ4n) is 3.75. The Morgan fingerprint density at radius 3 is 2.36 bits per heavy atom. The summed E-state index contributed by atoms with van der Waals surface area (Å²) >= 11 is 0. The van der Waals surface area contributed by atoms with Gasteiger partial charge in [0.1, 0.15) is 0 Å². The number of morpholine rings is 1. The maximum Gasteiger partial charge on any atom is 0.282 e. The number of anilines is 1. The Kier molecular flexibility index (Phi) is 5.68. The van der Waals surface area contributed by atoms with E-state index < -0.39 is 10.2 Å². The molecule has 2 aliphatic rings. The third kappa shape index (κ3) is 4.16. The first-order chi connectivity index (χ1) is 11.9. The highest BCUT2D eigenvalue weighted by Crippen LogP contribution is 2.27. The Balaban J connectivity index is 1.76. The van der Waals surface area contributed by atoms with Crippen LogP contribution in [0.4, 0.5) is 5.69 Å². The van der Waals surface area contributed by atoms with Crippen LogP contribution in [0.5, 0.6) is 0 Å². The molecule has 7 heteroatoms. The molecular weight excluding hydrogens is 338 g/mol. The van der Waals surface area contributed by atoms with Crippen molar-refractivity contribution >= 4 is 15.9 Å². The fourth-order valence-corrected chi connectivity index (χ4v) is 5.24. The summed E-state index contributed by atoms with van der Waals surface area (Å²) in [5.74, 6) is 0. The number of nitrogens with zero attached hydrogens (tertiary/aromatic N) is 3. The average molecular weight is 368 g/mol. The molecule has 0 saturated carbocycles. The first-order valence-corrected chi connectivity index (χ1v) is 10.5. The molecule has 3 rings (SSSR count). The summed E-state index contributed by atoms with van der Waals surface area (Å²) in [5, 5.41) is 0. The molecule has 0 amide bonds. The van der Waals surface area contributed by atoms with Crippen molar-refractivity contribution in [2.24, 2.45) is 0 Å². The highest BCUT2D eigenvalue weighted by Gasteiger charge is 2.34. The van der Waals surface area contributed by atoms with E-state index in [1.807, 2.05) is 32.0 Å². The molecule has 0 spiro atoms. The highest BCUT2D eigenvalue weighted by atomic mass is 32.2. The van der Waals surface area contributed by atoms with Crippen LogP contribution in [-0.2, 0) is 21.5 Å². The van der Waals surface area contributed by atoms with Crippen LogP contribution in [0.3, 0.4) is 0 Å². The summed E-state index contributed by atoms with van der Waals surface area (Å²) in [6.07, 6.45) is 2.24. The van der Waals surface area contributed by atoms with Crippen LogP contribution in [0.2, 0.25) is 0 Å². The molecule has 0 aromatic heterocycles. The van der Waals surface area contributed by atoms with Crippen LogP contribution in [0.15, 0.2) is 24.3 Å². The van der Waals surface area contributed by atoms with Gasteiger partial charge < -0.3 is 9.64 Å². The van der Waals surface area contributed by atoms with Gasteiger partial charge in [-0.25, -0.2) is 0 Å². The quantitative estimate of drug-likeness (QED) is 0.799. The summed E-state index contributed by atoms with van der Waals surface area (Å²) in [5.41, 5.74) is 2.22. The normalized spacial score (nSPS) is 25.7. The first-order valence-electron chi connectivity index (χ1n) is 9.07. The average Bonchev–Trinajstić information content (AvgIpc) is 3.08. The van der Waals surface area contributed by atoms with Crippen molar-refractivity contribution in [1.82, 2.24) is 8.61 Å². The largest absolute Gasteiger partial charge is 0.373 e. The van der Waals surface area contributed by atoms with Crippen molar-refractivity contribution in [3.63, 3.8) is 0 Å². The molecule has 2 saturated heterocycles. The zero-order chi connectivity index (χ0) is 18.0. The van der Waals surface area contributed by atoms with E-state index in [9.17, 15) is 8.42 Å². The third-order valence-corrected chi connectivity index (χ3v) is 6.81. The topological polar surface area (TPSA) is 53.1 Å². The molecule has 0 aliphatic carbocycles. The SMILES string of the molecule is C[C@@H]1CN(S(=O)(=O)N(C)Cc2ccccc2N2CCCC2)C[C@H](C)O1. The van der Waals surface area contributed by atoms with E-state index in [1.54, 1.807) is 11.4 Å². The summed E-state index contributed by atoms with van der Waals surface area (Å²) in [7, 11) is -1.83. The summed E-state index contributed by atoms with van der Waals surface area (Å²) in [6, 6.07) is 8.13. The highest BCUT2D eigenvalue weighted by molar-refractivity contribution is 7.86. The minimum Gasteiger partial charge on any atom is -0.373 e. The van der Waals surface area contributed by atoms with Gasteiger partial charge in [-0.15, -0.1) is 0 Å². The number of hydrogen-bond acceptors (Lipinski definition) is 4. The molecule has 2 aliphatic heterocycles. The standard InChI is InChI=1S/C18H29N3O3S/c1-15-12-21(13-16(2)24-15)25(22,23)19(3)14-17-8-4-5-9-18(17)20-10-6-7-11-20/h4-5,8-9,15-16H,6-7,10-14H2,1-3H3/t15-,16+. The van der Waals surface area contributed by atoms with E-state index >= 15 is 0 Å². The minimum atomic E-state index is -3.50. The maximum atomic E-state index is 13.0. The predicted octanol–water partition coefficient (Wildman–Crippen LogP) is 2.07. The molecular formula is C18H29N3O3S. The summed E-state index contributed by atoms with van der Waals surface area (Å²) < 4.78 is 34.7. The van der Waals surface area contributed by atoms with E-state index in [0.717, 1.165) is 24.3 Å². The Morgan fingerprint density at radius 2 is 1.72 bits per heavy atom. The molecule has 1 aromatic carbocycles. The van der Waals surface area contributed by atoms with Crippen molar-refractivity contribution in [3.05, 3.63) is 29.8 Å². The maximum absolute atomic E-state index is 13.0. The predicted molar refractivity (Wildman–Crippen MR) is 99.9 cm³/mol. The van der Waals surface area contributed by atoms with Crippen molar-refractivity contribution < 1.29 is 13.2 Å². The van der Waals surface area contributed by atoms with Crippen molar-refractivity contribution in [3.8, 4) is 0 Å². The van der Waals surface area contributed by atoms with Crippen molar-refractivity contribution in [2.45, 2.75) is 45.4 Å². The first kappa shape index (κ1) is 18.6. The van der Waals surface area contributed by atoms with Gasteiger partial charge >= 0.3 is 0 Å². The lowest BCUT2D eigenvalue weighted by atomic mass is 10.1. The molecule has 1 aromatic rings. The van der Waals surface area contributed by atoms with Crippen LogP contribution in [0, 0.1) is 0 Å². The van der Waals surface area contributed by atoms with Crippen molar-refractivity contribution in [2.75, 3.05) is 38.1 Å². The fraction of sp³-hybridized carbons (Fsp3) is 0.667. The Bertz CT molecular complexity index is 679. The van der Waals surface area contributed by atoms with Gasteiger partial charge in [-0.05, 0) is 38.3 Å². The minimum absolute atomic E-state index is 0.0798. The number of benzene rings is 1. The zero-order valence-electron chi connectivity index (χ0n) is 15.4. The lowest BCUT2D eigenvalue weighted by Crippen LogP contribution is -2.52.